The van der Waals surface area contributed by atoms with Crippen molar-refractivity contribution in [3.05, 3.63) is 34.6 Å². The summed E-state index contributed by atoms with van der Waals surface area (Å²) in [4.78, 5) is 2.74. The second kappa shape index (κ2) is 5.95. The third-order valence-electron chi connectivity index (χ3n) is 8.98. The number of nitrogens with zero attached hydrogens (tertiary/aromatic N) is 1. The van der Waals surface area contributed by atoms with E-state index in [2.05, 4.69) is 30.9 Å². The third kappa shape index (κ3) is 1.93. The van der Waals surface area contributed by atoms with Crippen molar-refractivity contribution in [1.29, 1.82) is 0 Å². The van der Waals surface area contributed by atoms with Gasteiger partial charge >= 0.3 is 0 Å². The van der Waals surface area contributed by atoms with Crippen LogP contribution in [0.3, 0.4) is 0 Å². The molecule has 0 N–H and O–H groups in total. The SMILES string of the molecule is COC1=CC[C@@]2(OC)[C@H]3Cc4cc(C)c(OC)c5c4[C@@]2(CCN3CC2CC2)[C@@]1(C)O5. The third-order valence-corrected chi connectivity index (χ3v) is 8.98. The lowest BCUT2D eigenvalue weighted by molar-refractivity contribution is -0.208. The highest BCUT2D eigenvalue weighted by molar-refractivity contribution is 5.68. The second-order valence-electron chi connectivity index (χ2n) is 10.1. The summed E-state index contributed by atoms with van der Waals surface area (Å²) in [5, 5.41) is 0. The molecule has 5 aliphatic rings. The van der Waals surface area contributed by atoms with E-state index in [1.807, 2.05) is 7.11 Å². The maximum atomic E-state index is 6.91. The number of ether oxygens (including phenoxy) is 4. The summed E-state index contributed by atoms with van der Waals surface area (Å²) in [5.74, 6) is 3.56. The van der Waals surface area contributed by atoms with E-state index in [9.17, 15) is 0 Å². The zero-order chi connectivity index (χ0) is 20.9. The summed E-state index contributed by atoms with van der Waals surface area (Å²) in [6.07, 6.45) is 7.84. The summed E-state index contributed by atoms with van der Waals surface area (Å²) in [6.45, 7) is 6.62. The molecule has 1 saturated heterocycles. The molecular formula is C25H33NO4. The molecular weight excluding hydrogens is 378 g/mol. The minimum Gasteiger partial charge on any atom is -0.497 e. The molecule has 1 aromatic carbocycles. The molecule has 2 aliphatic heterocycles. The molecule has 2 bridgehead atoms. The fourth-order valence-corrected chi connectivity index (χ4v) is 7.62. The average molecular weight is 412 g/mol. The standard InChI is InChI=1S/C25H33NO4/c1-15-12-17-13-18-25(29-5)9-8-19(27-3)23(2)24(25,10-11-26(18)14-16-6-7-16)20(17)22(30-23)21(15)28-4/h8,12,16,18H,6-7,9-11,13-14H2,1-5H3/t18-,23+,24+,25-/m1/s1. The van der Waals surface area contributed by atoms with Crippen molar-refractivity contribution >= 4 is 0 Å². The normalized spacial score (nSPS) is 38.6. The predicted molar refractivity (Wildman–Crippen MR) is 114 cm³/mol. The molecule has 162 valence electrons. The van der Waals surface area contributed by atoms with Gasteiger partial charge in [-0.3, -0.25) is 4.90 Å². The lowest BCUT2D eigenvalue weighted by Crippen LogP contribution is -2.78. The van der Waals surface area contributed by atoms with Crippen molar-refractivity contribution in [2.75, 3.05) is 34.4 Å². The maximum absolute atomic E-state index is 6.91. The van der Waals surface area contributed by atoms with Gasteiger partial charge < -0.3 is 18.9 Å². The van der Waals surface area contributed by atoms with Crippen LogP contribution in [-0.2, 0) is 21.3 Å². The van der Waals surface area contributed by atoms with Crippen LogP contribution in [0.4, 0.5) is 0 Å². The number of likely N-dealkylation sites (tertiary alicyclic amines) is 1. The lowest BCUT2D eigenvalue weighted by atomic mass is 9.46. The largest absolute Gasteiger partial charge is 0.497 e. The summed E-state index contributed by atoms with van der Waals surface area (Å²) in [7, 11) is 5.43. The van der Waals surface area contributed by atoms with E-state index in [1.54, 1.807) is 14.2 Å². The van der Waals surface area contributed by atoms with Crippen LogP contribution in [0.25, 0.3) is 0 Å². The Morgan fingerprint density at radius 1 is 1.20 bits per heavy atom. The van der Waals surface area contributed by atoms with Gasteiger partial charge in [-0.25, -0.2) is 0 Å². The number of piperidine rings is 1. The van der Waals surface area contributed by atoms with Gasteiger partial charge in [0.2, 0.25) is 0 Å². The Kier molecular flexibility index (Phi) is 3.77. The summed E-state index contributed by atoms with van der Waals surface area (Å²) in [6, 6.07) is 2.69. The van der Waals surface area contributed by atoms with Crippen LogP contribution < -0.4 is 9.47 Å². The van der Waals surface area contributed by atoms with E-state index in [-0.39, 0.29) is 11.0 Å². The van der Waals surface area contributed by atoms with Gasteiger partial charge in [0, 0.05) is 31.7 Å². The molecule has 2 heterocycles. The molecule has 1 saturated carbocycles. The Morgan fingerprint density at radius 2 is 2.00 bits per heavy atom. The van der Waals surface area contributed by atoms with Crippen molar-refractivity contribution in [2.24, 2.45) is 5.92 Å². The number of aryl methyl sites for hydroxylation is 1. The van der Waals surface area contributed by atoms with Gasteiger partial charge in [-0.1, -0.05) is 6.07 Å². The Morgan fingerprint density at radius 3 is 2.67 bits per heavy atom. The van der Waals surface area contributed by atoms with Gasteiger partial charge in [0.25, 0.3) is 0 Å². The zero-order valence-electron chi connectivity index (χ0n) is 18.8. The summed E-state index contributed by atoms with van der Waals surface area (Å²) in [5.41, 5.74) is 2.67. The molecule has 6 rings (SSSR count). The number of hydrogen-bond donors (Lipinski definition) is 0. The fraction of sp³-hybridized carbons (Fsp3) is 0.680. The average Bonchev–Trinajstić information content (AvgIpc) is 3.49. The highest BCUT2D eigenvalue weighted by atomic mass is 16.6. The highest BCUT2D eigenvalue weighted by Crippen LogP contribution is 2.70. The first kappa shape index (κ1) is 19.0. The van der Waals surface area contributed by atoms with Gasteiger partial charge in [0.05, 0.1) is 19.6 Å². The number of methoxy groups -OCH3 is 3. The molecule has 2 fully saturated rings. The second-order valence-corrected chi connectivity index (χ2v) is 10.1. The van der Waals surface area contributed by atoms with Crippen molar-refractivity contribution in [3.63, 3.8) is 0 Å². The minimum atomic E-state index is -0.599. The first-order valence-corrected chi connectivity index (χ1v) is 11.4. The van der Waals surface area contributed by atoms with E-state index < -0.39 is 5.60 Å². The molecule has 0 aromatic heterocycles. The number of rotatable bonds is 5. The molecule has 30 heavy (non-hydrogen) atoms. The van der Waals surface area contributed by atoms with E-state index in [0.29, 0.717) is 6.04 Å². The Labute approximate surface area is 179 Å². The van der Waals surface area contributed by atoms with E-state index in [4.69, 9.17) is 18.9 Å². The van der Waals surface area contributed by atoms with Gasteiger partial charge in [0.1, 0.15) is 11.4 Å². The number of hydrogen-bond acceptors (Lipinski definition) is 5. The van der Waals surface area contributed by atoms with Crippen LogP contribution in [0.5, 0.6) is 11.5 Å². The van der Waals surface area contributed by atoms with Gasteiger partial charge in [-0.05, 0) is 69.2 Å². The van der Waals surface area contributed by atoms with E-state index in [0.717, 1.165) is 54.5 Å². The summed E-state index contributed by atoms with van der Waals surface area (Å²) < 4.78 is 25.4. The Hall–Kier alpha value is -1.72. The van der Waals surface area contributed by atoms with Crippen LogP contribution in [0.2, 0.25) is 0 Å². The maximum Gasteiger partial charge on any atom is 0.175 e. The molecule has 0 radical (unpaired) electrons. The van der Waals surface area contributed by atoms with Crippen LogP contribution in [0.1, 0.15) is 49.3 Å². The molecule has 1 aromatic rings. The first-order chi connectivity index (χ1) is 14.5. The minimum absolute atomic E-state index is 0.274. The van der Waals surface area contributed by atoms with Crippen molar-refractivity contribution in [1.82, 2.24) is 4.90 Å². The Bertz CT molecular complexity index is 953. The number of benzene rings is 1. The molecule has 0 unspecified atom stereocenters. The quantitative estimate of drug-likeness (QED) is 0.738. The van der Waals surface area contributed by atoms with Crippen molar-refractivity contribution in [3.8, 4) is 11.5 Å². The molecule has 3 aliphatic carbocycles. The van der Waals surface area contributed by atoms with Crippen molar-refractivity contribution in [2.45, 2.75) is 68.6 Å². The topological polar surface area (TPSA) is 40.2 Å². The fourth-order valence-electron chi connectivity index (χ4n) is 7.62. The predicted octanol–water partition coefficient (Wildman–Crippen LogP) is 3.75. The molecule has 5 heteroatoms. The molecule has 5 nitrogen and oxygen atoms in total. The van der Waals surface area contributed by atoms with Crippen molar-refractivity contribution < 1.29 is 18.9 Å². The Balaban J connectivity index is 1.65. The van der Waals surface area contributed by atoms with Crippen LogP contribution in [-0.4, -0.2) is 56.6 Å². The van der Waals surface area contributed by atoms with Crippen LogP contribution in [0, 0.1) is 12.8 Å². The molecule has 4 atom stereocenters. The molecule has 0 amide bonds. The van der Waals surface area contributed by atoms with Gasteiger partial charge in [0.15, 0.2) is 17.1 Å². The van der Waals surface area contributed by atoms with Gasteiger partial charge in [-0.15, -0.1) is 0 Å². The zero-order valence-corrected chi connectivity index (χ0v) is 18.8. The highest BCUT2D eigenvalue weighted by Gasteiger charge is 2.77. The first-order valence-electron chi connectivity index (χ1n) is 11.4. The lowest BCUT2D eigenvalue weighted by Gasteiger charge is -2.66. The van der Waals surface area contributed by atoms with Gasteiger partial charge in [-0.2, -0.15) is 0 Å². The smallest absolute Gasteiger partial charge is 0.175 e. The van der Waals surface area contributed by atoms with Crippen LogP contribution in [0.15, 0.2) is 17.9 Å². The monoisotopic (exact) mass is 411 g/mol. The van der Waals surface area contributed by atoms with E-state index >= 15 is 0 Å². The molecule has 1 spiro atoms. The van der Waals surface area contributed by atoms with E-state index in [1.165, 1.54) is 30.5 Å². The summed E-state index contributed by atoms with van der Waals surface area (Å²) >= 11 is 0. The van der Waals surface area contributed by atoms with Crippen LogP contribution >= 0.6 is 0 Å².